The Kier molecular flexibility index (Phi) is 34.8. The Hall–Kier alpha value is -1.18. The highest BCUT2D eigenvalue weighted by Gasteiger charge is 2.26. The molecule has 0 aliphatic carbocycles. The van der Waals surface area contributed by atoms with Gasteiger partial charge in [-0.2, -0.15) is 8.42 Å². The molecule has 2 atom stereocenters. The van der Waals surface area contributed by atoms with Crippen LogP contribution in [0, 0.1) is 0 Å². The van der Waals surface area contributed by atoms with Crippen molar-refractivity contribution in [2.75, 3.05) is 5.75 Å². The number of hydrogen-bond acceptors (Lipinski definition) is 4. The van der Waals surface area contributed by atoms with Gasteiger partial charge in [0.2, 0.25) is 5.91 Å². The van der Waals surface area contributed by atoms with Gasteiger partial charge in [-0.25, -0.2) is 0 Å². The zero-order valence-electron chi connectivity index (χ0n) is 31.6. The van der Waals surface area contributed by atoms with Crippen molar-refractivity contribution in [2.45, 2.75) is 225 Å². The number of carbonyl (C=O) groups is 1. The third kappa shape index (κ3) is 36.1. The van der Waals surface area contributed by atoms with E-state index in [2.05, 4.69) is 43.5 Å². The Balaban J connectivity index is 3.83. The quantitative estimate of drug-likeness (QED) is 0.0340. The smallest absolute Gasteiger partial charge is 0.266 e. The third-order valence-corrected chi connectivity index (χ3v) is 10.2. The first-order valence-electron chi connectivity index (χ1n) is 20.5. The number of unbranched alkanes of at least 4 members (excludes halogenated alkanes) is 25. The highest BCUT2D eigenvalue weighted by molar-refractivity contribution is 7.85. The van der Waals surface area contributed by atoms with Crippen LogP contribution < -0.4 is 5.32 Å². The first-order chi connectivity index (χ1) is 23.3. The van der Waals surface area contributed by atoms with Crippen molar-refractivity contribution in [1.29, 1.82) is 0 Å². The summed E-state index contributed by atoms with van der Waals surface area (Å²) in [6, 6.07) is -0.970. The van der Waals surface area contributed by atoms with Crippen LogP contribution in [0.3, 0.4) is 0 Å². The topological polar surface area (TPSA) is 104 Å². The molecule has 0 aromatic heterocycles. The fraction of sp³-hybridized carbons (Fsp3) is 0.878. The number of amides is 1. The molecule has 6 nitrogen and oxygen atoms in total. The van der Waals surface area contributed by atoms with Crippen LogP contribution in [0.4, 0.5) is 0 Å². The normalized spacial score (nSPS) is 13.5. The first-order valence-corrected chi connectivity index (χ1v) is 22.1. The van der Waals surface area contributed by atoms with E-state index in [1.165, 1.54) is 141 Å². The SMILES string of the molecule is CCCCCCC/C=C\C/C=C\CCCCCCCCCCCC(=O)NC(CS(=O)(=O)O)C(O)CCCCCCCCCCCCCC. The molecule has 2 unspecified atom stereocenters. The van der Waals surface area contributed by atoms with E-state index in [0.717, 1.165) is 44.9 Å². The zero-order chi connectivity index (χ0) is 35.4. The molecule has 0 aromatic carbocycles. The van der Waals surface area contributed by atoms with Gasteiger partial charge in [0, 0.05) is 6.42 Å². The maximum Gasteiger partial charge on any atom is 0.266 e. The van der Waals surface area contributed by atoms with Crippen molar-refractivity contribution in [1.82, 2.24) is 5.32 Å². The second kappa shape index (κ2) is 35.6. The Bertz CT molecular complexity index is 857. The minimum Gasteiger partial charge on any atom is -0.391 e. The summed E-state index contributed by atoms with van der Waals surface area (Å²) >= 11 is 0. The van der Waals surface area contributed by atoms with Crippen molar-refractivity contribution in [3.8, 4) is 0 Å². The highest BCUT2D eigenvalue weighted by atomic mass is 32.2. The second-order valence-corrected chi connectivity index (χ2v) is 15.8. The Labute approximate surface area is 298 Å². The van der Waals surface area contributed by atoms with Gasteiger partial charge in [-0.1, -0.05) is 186 Å². The Morgan fingerprint density at radius 2 is 0.938 bits per heavy atom. The van der Waals surface area contributed by atoms with Gasteiger partial charge in [0.05, 0.1) is 17.9 Å². The van der Waals surface area contributed by atoms with Gasteiger partial charge >= 0.3 is 0 Å². The zero-order valence-corrected chi connectivity index (χ0v) is 32.4. The molecule has 0 spiro atoms. The van der Waals surface area contributed by atoms with Gasteiger partial charge in [-0.05, 0) is 44.9 Å². The lowest BCUT2D eigenvalue weighted by atomic mass is 10.0. The van der Waals surface area contributed by atoms with Gasteiger partial charge in [-0.15, -0.1) is 0 Å². The van der Waals surface area contributed by atoms with Crippen LogP contribution in [0.1, 0.15) is 213 Å². The Morgan fingerprint density at radius 1 is 0.562 bits per heavy atom. The lowest BCUT2D eigenvalue weighted by Gasteiger charge is -2.23. The van der Waals surface area contributed by atoms with Crippen molar-refractivity contribution in [3.05, 3.63) is 24.3 Å². The van der Waals surface area contributed by atoms with Crippen LogP contribution in [0.25, 0.3) is 0 Å². The lowest BCUT2D eigenvalue weighted by Crippen LogP contribution is -2.47. The summed E-state index contributed by atoms with van der Waals surface area (Å²) in [5.41, 5.74) is 0. The van der Waals surface area contributed by atoms with Gasteiger partial charge in [0.15, 0.2) is 0 Å². The fourth-order valence-corrected chi connectivity index (χ4v) is 7.07. The van der Waals surface area contributed by atoms with Crippen LogP contribution in [0.5, 0.6) is 0 Å². The van der Waals surface area contributed by atoms with E-state index >= 15 is 0 Å². The highest BCUT2D eigenvalue weighted by Crippen LogP contribution is 2.15. The average Bonchev–Trinajstić information content (AvgIpc) is 3.05. The number of carbonyl (C=O) groups excluding carboxylic acids is 1. The Morgan fingerprint density at radius 3 is 1.35 bits per heavy atom. The molecule has 0 bridgehead atoms. The number of nitrogens with one attached hydrogen (secondary N) is 1. The largest absolute Gasteiger partial charge is 0.391 e. The van der Waals surface area contributed by atoms with Crippen LogP contribution in [-0.4, -0.2) is 41.9 Å². The van der Waals surface area contributed by atoms with Crippen molar-refractivity contribution < 1.29 is 22.9 Å². The van der Waals surface area contributed by atoms with Gasteiger partial charge in [-0.3, -0.25) is 9.35 Å². The fourth-order valence-electron chi connectivity index (χ4n) is 6.31. The molecule has 1 amide bonds. The van der Waals surface area contributed by atoms with Crippen molar-refractivity contribution in [2.24, 2.45) is 0 Å². The predicted molar refractivity (Wildman–Crippen MR) is 207 cm³/mol. The molecule has 0 radical (unpaired) electrons. The van der Waals surface area contributed by atoms with Gasteiger partial charge in [0.1, 0.15) is 0 Å². The number of hydrogen-bond donors (Lipinski definition) is 3. The average molecular weight is 698 g/mol. The van der Waals surface area contributed by atoms with E-state index in [4.69, 9.17) is 0 Å². The van der Waals surface area contributed by atoms with Gasteiger partial charge in [0.25, 0.3) is 10.1 Å². The number of aliphatic hydroxyl groups excluding tert-OH is 1. The molecule has 284 valence electrons. The molecule has 0 aliphatic rings. The summed E-state index contributed by atoms with van der Waals surface area (Å²) in [6.07, 6.45) is 44.1. The summed E-state index contributed by atoms with van der Waals surface area (Å²) in [5, 5.41) is 13.3. The molecule has 0 aromatic rings. The molecule has 0 rings (SSSR count). The molecule has 7 heteroatoms. The number of rotatable bonds is 37. The predicted octanol–water partition coefficient (Wildman–Crippen LogP) is 12.0. The molecule has 3 N–H and O–H groups in total. The molecular formula is C41H79NO5S. The second-order valence-electron chi connectivity index (χ2n) is 14.3. The van der Waals surface area contributed by atoms with E-state index in [9.17, 15) is 22.9 Å². The van der Waals surface area contributed by atoms with E-state index in [-0.39, 0.29) is 5.91 Å². The maximum atomic E-state index is 12.5. The molecule has 48 heavy (non-hydrogen) atoms. The standard InChI is InChI=1S/C41H79NO5S/c1-3-5-7-9-11-13-15-17-18-19-20-21-22-23-24-25-27-29-31-33-35-37-41(44)42-39(38-48(45,46)47)40(43)36-34-32-30-28-26-16-14-12-10-8-6-4-2/h15,17,19-20,39-40,43H,3-14,16,18,21-38H2,1-2H3,(H,42,44)(H,45,46,47)/b17-15-,20-19-. The number of aliphatic hydroxyl groups is 1. The van der Waals surface area contributed by atoms with E-state index in [0.29, 0.717) is 12.8 Å². The summed E-state index contributed by atoms with van der Waals surface area (Å²) < 4.78 is 32.5. The molecular weight excluding hydrogens is 619 g/mol. The third-order valence-electron chi connectivity index (χ3n) is 9.41. The summed E-state index contributed by atoms with van der Waals surface area (Å²) in [6.45, 7) is 4.50. The summed E-state index contributed by atoms with van der Waals surface area (Å²) in [5.74, 6) is -0.897. The minimum atomic E-state index is -4.31. The van der Waals surface area contributed by atoms with Crippen molar-refractivity contribution >= 4 is 16.0 Å². The van der Waals surface area contributed by atoms with E-state index < -0.39 is 28.0 Å². The minimum absolute atomic E-state index is 0.250. The van der Waals surface area contributed by atoms with Gasteiger partial charge < -0.3 is 10.4 Å². The van der Waals surface area contributed by atoms with E-state index in [1.54, 1.807) is 0 Å². The van der Waals surface area contributed by atoms with Crippen molar-refractivity contribution in [3.63, 3.8) is 0 Å². The summed E-state index contributed by atoms with van der Waals surface area (Å²) in [7, 11) is -4.31. The maximum absolute atomic E-state index is 12.5. The summed E-state index contributed by atoms with van der Waals surface area (Å²) in [4.78, 5) is 12.5. The first kappa shape index (κ1) is 46.8. The molecule has 0 saturated heterocycles. The number of allylic oxidation sites excluding steroid dienone is 4. The van der Waals surface area contributed by atoms with Crippen LogP contribution in [-0.2, 0) is 14.9 Å². The molecule has 0 saturated carbocycles. The molecule has 0 fully saturated rings. The van der Waals surface area contributed by atoms with Crippen LogP contribution >= 0.6 is 0 Å². The van der Waals surface area contributed by atoms with E-state index in [1.807, 2.05) is 0 Å². The lowest BCUT2D eigenvalue weighted by molar-refractivity contribution is -0.122. The van der Waals surface area contributed by atoms with Crippen LogP contribution in [0.15, 0.2) is 24.3 Å². The molecule has 0 aliphatic heterocycles. The monoisotopic (exact) mass is 698 g/mol. The molecule has 0 heterocycles. The van der Waals surface area contributed by atoms with Crippen LogP contribution in [0.2, 0.25) is 0 Å².